The van der Waals surface area contributed by atoms with Gasteiger partial charge in [0.05, 0.1) is 11.6 Å². The van der Waals surface area contributed by atoms with Crippen molar-refractivity contribution in [2.75, 3.05) is 13.6 Å². The smallest absolute Gasteiger partial charge is 0.0991 e. The summed E-state index contributed by atoms with van der Waals surface area (Å²) in [6.07, 6.45) is 0. The van der Waals surface area contributed by atoms with Crippen molar-refractivity contribution in [1.29, 1.82) is 5.26 Å². The molecule has 0 saturated carbocycles. The number of rotatable bonds is 1. The fourth-order valence-corrected chi connectivity index (χ4v) is 3.49. The highest BCUT2D eigenvalue weighted by Gasteiger charge is 2.26. The van der Waals surface area contributed by atoms with E-state index in [1.807, 2.05) is 30.3 Å². The van der Waals surface area contributed by atoms with Crippen LogP contribution in [0.4, 0.5) is 0 Å². The zero-order valence-electron chi connectivity index (χ0n) is 11.6. The van der Waals surface area contributed by atoms with Crippen molar-refractivity contribution < 1.29 is 0 Å². The Bertz CT molecular complexity index is 717. The van der Waals surface area contributed by atoms with Crippen LogP contribution in [0.5, 0.6) is 0 Å². The molecule has 2 aromatic rings. The molecule has 1 aliphatic heterocycles. The Labute approximate surface area is 134 Å². The molecular weight excluding hydrogens is 303 g/mol. The first-order valence-electron chi connectivity index (χ1n) is 6.75. The molecule has 106 valence electrons. The van der Waals surface area contributed by atoms with Gasteiger partial charge >= 0.3 is 0 Å². The number of likely N-dealkylation sites (N-methyl/N-ethyl adjacent to an activating group) is 1. The molecule has 0 fully saturated rings. The number of benzene rings is 2. The molecule has 0 radical (unpaired) electrons. The van der Waals surface area contributed by atoms with Gasteiger partial charge in [0.25, 0.3) is 0 Å². The average molecular weight is 317 g/mol. The molecule has 21 heavy (non-hydrogen) atoms. The Morgan fingerprint density at radius 3 is 2.57 bits per heavy atom. The summed E-state index contributed by atoms with van der Waals surface area (Å²) >= 11 is 12.5. The monoisotopic (exact) mass is 316 g/mol. The number of nitrogens with zero attached hydrogens (tertiary/aromatic N) is 2. The van der Waals surface area contributed by atoms with E-state index in [-0.39, 0.29) is 5.92 Å². The maximum atomic E-state index is 8.92. The van der Waals surface area contributed by atoms with Crippen LogP contribution in [0.25, 0.3) is 0 Å². The molecule has 2 nitrogen and oxygen atoms in total. The average Bonchev–Trinajstić information content (AvgIpc) is 2.47. The number of fused-ring (bicyclic) bond motifs is 1. The lowest BCUT2D eigenvalue weighted by Crippen LogP contribution is -2.31. The van der Waals surface area contributed by atoms with Gasteiger partial charge in [0.2, 0.25) is 0 Å². The topological polar surface area (TPSA) is 27.0 Å². The predicted molar refractivity (Wildman–Crippen MR) is 85.8 cm³/mol. The van der Waals surface area contributed by atoms with E-state index in [2.05, 4.69) is 18.0 Å². The standard InChI is InChI=1S/C17H14Cl2N2/c1-21-9-15(12-4-2-11(8-20)3-5-12)14-6-13(18)7-17(19)16(14)10-21/h2-7,15H,9-10H2,1H3. The molecule has 0 amide bonds. The van der Waals surface area contributed by atoms with Gasteiger partial charge in [-0.3, -0.25) is 0 Å². The predicted octanol–water partition coefficient (Wildman–Crippen LogP) is 4.44. The lowest BCUT2D eigenvalue weighted by atomic mass is 9.84. The van der Waals surface area contributed by atoms with Crippen LogP contribution in [0.1, 0.15) is 28.2 Å². The summed E-state index contributed by atoms with van der Waals surface area (Å²) in [5.41, 5.74) is 4.19. The molecule has 0 saturated heterocycles. The summed E-state index contributed by atoms with van der Waals surface area (Å²) in [5, 5.41) is 10.3. The Morgan fingerprint density at radius 1 is 1.19 bits per heavy atom. The van der Waals surface area contributed by atoms with E-state index in [0.29, 0.717) is 10.6 Å². The number of halogens is 2. The van der Waals surface area contributed by atoms with Crippen molar-refractivity contribution >= 4 is 23.2 Å². The Balaban J connectivity index is 2.10. The first kappa shape index (κ1) is 14.4. The molecule has 1 atom stereocenters. The minimum absolute atomic E-state index is 0.225. The molecule has 0 aliphatic carbocycles. The summed E-state index contributed by atoms with van der Waals surface area (Å²) in [4.78, 5) is 2.25. The molecule has 1 heterocycles. The minimum atomic E-state index is 0.225. The Hall–Kier alpha value is -1.53. The summed E-state index contributed by atoms with van der Waals surface area (Å²) in [6.45, 7) is 1.74. The first-order valence-corrected chi connectivity index (χ1v) is 7.50. The molecule has 1 unspecified atom stereocenters. The second kappa shape index (κ2) is 5.69. The lowest BCUT2D eigenvalue weighted by molar-refractivity contribution is 0.295. The van der Waals surface area contributed by atoms with Crippen molar-refractivity contribution in [3.8, 4) is 6.07 Å². The maximum absolute atomic E-state index is 8.92. The summed E-state index contributed by atoms with van der Waals surface area (Å²) in [5.74, 6) is 0.225. The van der Waals surface area contributed by atoms with Crippen LogP contribution in [-0.2, 0) is 6.54 Å². The highest BCUT2D eigenvalue weighted by Crippen LogP contribution is 2.38. The Kier molecular flexibility index (Phi) is 3.91. The van der Waals surface area contributed by atoms with E-state index in [9.17, 15) is 0 Å². The van der Waals surface area contributed by atoms with Gasteiger partial charge in [0.1, 0.15) is 0 Å². The van der Waals surface area contributed by atoms with Crippen molar-refractivity contribution in [3.63, 3.8) is 0 Å². The summed E-state index contributed by atoms with van der Waals surface area (Å²) in [7, 11) is 2.09. The summed E-state index contributed by atoms with van der Waals surface area (Å²) in [6, 6.07) is 13.7. The van der Waals surface area contributed by atoms with Crippen LogP contribution in [-0.4, -0.2) is 18.5 Å². The number of nitriles is 1. The van der Waals surface area contributed by atoms with E-state index in [1.54, 1.807) is 6.07 Å². The third-order valence-electron chi connectivity index (χ3n) is 3.93. The fraction of sp³-hybridized carbons (Fsp3) is 0.235. The van der Waals surface area contributed by atoms with Gasteiger partial charge in [-0.1, -0.05) is 35.3 Å². The largest absolute Gasteiger partial charge is 0.301 e. The van der Waals surface area contributed by atoms with Crippen LogP contribution in [0.3, 0.4) is 0 Å². The minimum Gasteiger partial charge on any atom is -0.301 e. The molecule has 1 aliphatic rings. The molecule has 0 bridgehead atoms. The fourth-order valence-electron chi connectivity index (χ4n) is 2.92. The third kappa shape index (κ3) is 2.78. The quantitative estimate of drug-likeness (QED) is 0.777. The van der Waals surface area contributed by atoms with Crippen molar-refractivity contribution in [2.45, 2.75) is 12.5 Å². The second-order valence-corrected chi connectivity index (χ2v) is 6.28. The molecule has 3 rings (SSSR count). The highest BCUT2D eigenvalue weighted by molar-refractivity contribution is 6.35. The zero-order valence-corrected chi connectivity index (χ0v) is 13.1. The van der Waals surface area contributed by atoms with Crippen molar-refractivity contribution in [2.24, 2.45) is 0 Å². The molecule has 0 spiro atoms. The van der Waals surface area contributed by atoms with Gasteiger partial charge in [-0.2, -0.15) is 5.26 Å². The van der Waals surface area contributed by atoms with E-state index < -0.39 is 0 Å². The lowest BCUT2D eigenvalue weighted by Gasteiger charge is -2.33. The van der Waals surface area contributed by atoms with Crippen LogP contribution in [0.2, 0.25) is 10.0 Å². The summed E-state index contributed by atoms with van der Waals surface area (Å²) < 4.78 is 0. The number of hydrogen-bond donors (Lipinski definition) is 0. The van der Waals surface area contributed by atoms with Gasteiger partial charge < -0.3 is 4.90 Å². The van der Waals surface area contributed by atoms with Crippen molar-refractivity contribution in [3.05, 3.63) is 68.7 Å². The van der Waals surface area contributed by atoms with E-state index in [1.165, 1.54) is 11.1 Å². The first-order chi connectivity index (χ1) is 10.1. The molecular formula is C17H14Cl2N2. The second-order valence-electron chi connectivity index (χ2n) is 5.44. The van der Waals surface area contributed by atoms with Gasteiger partial charge in [-0.15, -0.1) is 0 Å². The van der Waals surface area contributed by atoms with E-state index in [0.717, 1.165) is 23.7 Å². The molecule has 2 aromatic carbocycles. The molecule has 4 heteroatoms. The molecule has 0 N–H and O–H groups in total. The zero-order chi connectivity index (χ0) is 15.0. The van der Waals surface area contributed by atoms with Gasteiger partial charge in [0.15, 0.2) is 0 Å². The maximum Gasteiger partial charge on any atom is 0.0991 e. The van der Waals surface area contributed by atoms with Gasteiger partial charge in [-0.05, 0) is 48.0 Å². The van der Waals surface area contributed by atoms with Crippen LogP contribution < -0.4 is 0 Å². The van der Waals surface area contributed by atoms with E-state index in [4.69, 9.17) is 28.5 Å². The highest BCUT2D eigenvalue weighted by atomic mass is 35.5. The molecule has 0 aromatic heterocycles. The van der Waals surface area contributed by atoms with Gasteiger partial charge in [-0.25, -0.2) is 0 Å². The number of hydrogen-bond acceptors (Lipinski definition) is 2. The van der Waals surface area contributed by atoms with E-state index >= 15 is 0 Å². The Morgan fingerprint density at radius 2 is 1.90 bits per heavy atom. The van der Waals surface area contributed by atoms with Gasteiger partial charge in [0, 0.05) is 29.1 Å². The SMILES string of the molecule is CN1Cc2c(Cl)cc(Cl)cc2C(c2ccc(C#N)cc2)C1. The normalized spacial score (nSPS) is 18.1. The van der Waals surface area contributed by atoms with Crippen LogP contribution in [0.15, 0.2) is 36.4 Å². The van der Waals surface area contributed by atoms with Crippen LogP contribution >= 0.6 is 23.2 Å². The van der Waals surface area contributed by atoms with Crippen LogP contribution in [0, 0.1) is 11.3 Å². The van der Waals surface area contributed by atoms with Crippen molar-refractivity contribution in [1.82, 2.24) is 4.90 Å². The third-order valence-corrected chi connectivity index (χ3v) is 4.49.